The molecule has 0 aliphatic carbocycles. The van der Waals surface area contributed by atoms with Crippen LogP contribution in [0.1, 0.15) is 45.0 Å². The molecule has 1 rings (SSSR count). The molecule has 18 heavy (non-hydrogen) atoms. The summed E-state index contributed by atoms with van der Waals surface area (Å²) in [5.41, 5.74) is 1.98. The van der Waals surface area contributed by atoms with E-state index in [0.29, 0.717) is 12.5 Å². The van der Waals surface area contributed by atoms with Gasteiger partial charge in [-0.2, -0.15) is 5.10 Å². The molecule has 0 aliphatic heterocycles. The van der Waals surface area contributed by atoms with Crippen LogP contribution in [0.5, 0.6) is 0 Å². The van der Waals surface area contributed by atoms with Crippen LogP contribution in [0.4, 0.5) is 0 Å². The first kappa shape index (κ1) is 14.7. The van der Waals surface area contributed by atoms with Crippen molar-refractivity contribution < 1.29 is 4.79 Å². The summed E-state index contributed by atoms with van der Waals surface area (Å²) in [6, 6.07) is 2.21. The fourth-order valence-corrected chi connectivity index (χ4v) is 1.95. The number of carbonyl (C=O) groups excluding carboxylic acids is 1. The molecule has 0 radical (unpaired) electrons. The summed E-state index contributed by atoms with van der Waals surface area (Å²) in [6.45, 7) is 10.7. The summed E-state index contributed by atoms with van der Waals surface area (Å²) in [6.07, 6.45) is 2.17. The third-order valence-corrected chi connectivity index (χ3v) is 2.98. The van der Waals surface area contributed by atoms with Gasteiger partial charge in [-0.3, -0.25) is 9.48 Å². The van der Waals surface area contributed by atoms with Gasteiger partial charge in [0, 0.05) is 11.7 Å². The molecule has 1 aromatic heterocycles. The van der Waals surface area contributed by atoms with Crippen LogP contribution in [0, 0.1) is 19.8 Å². The number of hydrogen-bond donors (Lipinski definition) is 1. The molecule has 0 saturated carbocycles. The lowest BCUT2D eigenvalue weighted by molar-refractivity contribution is -0.122. The van der Waals surface area contributed by atoms with Crippen molar-refractivity contribution in [2.75, 3.05) is 0 Å². The van der Waals surface area contributed by atoms with Gasteiger partial charge in [-0.25, -0.2) is 0 Å². The molecule has 102 valence electrons. The Labute approximate surface area is 110 Å². The van der Waals surface area contributed by atoms with Crippen molar-refractivity contribution in [3.63, 3.8) is 0 Å². The zero-order valence-corrected chi connectivity index (χ0v) is 12.2. The van der Waals surface area contributed by atoms with Crippen LogP contribution < -0.4 is 5.32 Å². The summed E-state index contributed by atoms with van der Waals surface area (Å²) in [5.74, 6) is 0.720. The molecule has 1 aromatic rings. The molecule has 0 unspecified atom stereocenters. The van der Waals surface area contributed by atoms with Gasteiger partial charge in [0.2, 0.25) is 5.91 Å². The maximum atomic E-state index is 11.9. The number of amides is 1. The third-order valence-electron chi connectivity index (χ3n) is 2.98. The van der Waals surface area contributed by atoms with Crippen LogP contribution in [0.25, 0.3) is 0 Å². The number of hydrogen-bond acceptors (Lipinski definition) is 2. The van der Waals surface area contributed by atoms with Gasteiger partial charge in [0.05, 0.1) is 5.69 Å². The minimum atomic E-state index is 0.0393. The third kappa shape index (κ3) is 4.90. The zero-order chi connectivity index (χ0) is 13.7. The maximum absolute atomic E-state index is 11.9. The largest absolute Gasteiger partial charge is 0.352 e. The minimum absolute atomic E-state index is 0.0393. The predicted octanol–water partition coefficient (Wildman–Crippen LogP) is 2.44. The Morgan fingerprint density at radius 3 is 2.50 bits per heavy atom. The van der Waals surface area contributed by atoms with Gasteiger partial charge in [0.15, 0.2) is 0 Å². The van der Waals surface area contributed by atoms with Crippen molar-refractivity contribution in [3.05, 3.63) is 17.5 Å². The highest BCUT2D eigenvalue weighted by Crippen LogP contribution is 2.06. The Balaban J connectivity index is 2.39. The number of carbonyl (C=O) groups is 1. The molecule has 0 aliphatic rings. The maximum Gasteiger partial charge on any atom is 0.241 e. The van der Waals surface area contributed by atoms with Crippen LogP contribution in [0.3, 0.4) is 0 Å². The number of aromatic nitrogens is 2. The second-order valence-corrected chi connectivity index (χ2v) is 5.52. The van der Waals surface area contributed by atoms with Crippen LogP contribution in [-0.2, 0) is 11.3 Å². The van der Waals surface area contributed by atoms with E-state index in [1.54, 1.807) is 4.68 Å². The molecule has 1 N–H and O–H groups in total. The Morgan fingerprint density at radius 1 is 1.33 bits per heavy atom. The zero-order valence-electron chi connectivity index (χ0n) is 12.2. The molecule has 1 amide bonds. The Kier molecular flexibility index (Phi) is 5.38. The van der Waals surface area contributed by atoms with Gasteiger partial charge in [0.1, 0.15) is 6.54 Å². The Hall–Kier alpha value is -1.32. The van der Waals surface area contributed by atoms with Gasteiger partial charge in [-0.05, 0) is 45.6 Å². The van der Waals surface area contributed by atoms with E-state index < -0.39 is 0 Å². The molecular formula is C14H25N3O. The molecule has 0 aromatic carbocycles. The van der Waals surface area contributed by atoms with E-state index in [0.717, 1.165) is 24.2 Å². The Bertz CT molecular complexity index is 396. The quantitative estimate of drug-likeness (QED) is 0.844. The minimum Gasteiger partial charge on any atom is -0.352 e. The van der Waals surface area contributed by atoms with Gasteiger partial charge in [-0.1, -0.05) is 13.8 Å². The smallest absolute Gasteiger partial charge is 0.241 e. The van der Waals surface area contributed by atoms with Crippen molar-refractivity contribution in [3.8, 4) is 0 Å². The van der Waals surface area contributed by atoms with Crippen LogP contribution in [0.2, 0.25) is 0 Å². The van der Waals surface area contributed by atoms with E-state index in [9.17, 15) is 4.79 Å². The highest BCUT2D eigenvalue weighted by atomic mass is 16.2. The molecule has 1 heterocycles. The molecule has 0 bridgehead atoms. The van der Waals surface area contributed by atoms with Crippen molar-refractivity contribution in [1.82, 2.24) is 15.1 Å². The first-order valence-corrected chi connectivity index (χ1v) is 6.69. The SMILES string of the molecule is Cc1cc(C)n(CC(=O)N[C@H](C)CCC(C)C)n1. The van der Waals surface area contributed by atoms with E-state index in [1.165, 1.54) is 0 Å². The molecule has 0 fully saturated rings. The molecule has 0 spiro atoms. The summed E-state index contributed by atoms with van der Waals surface area (Å²) >= 11 is 0. The van der Waals surface area contributed by atoms with Crippen molar-refractivity contribution in [2.45, 2.75) is 60.0 Å². The summed E-state index contributed by atoms with van der Waals surface area (Å²) in [7, 11) is 0. The molecule has 0 saturated heterocycles. The number of nitrogens with one attached hydrogen (secondary N) is 1. The molecule has 4 nitrogen and oxygen atoms in total. The number of rotatable bonds is 6. The normalized spacial score (nSPS) is 12.8. The molecule has 1 atom stereocenters. The first-order valence-electron chi connectivity index (χ1n) is 6.69. The fourth-order valence-electron chi connectivity index (χ4n) is 1.95. The lowest BCUT2D eigenvalue weighted by atomic mass is 10.0. The second-order valence-electron chi connectivity index (χ2n) is 5.52. The summed E-state index contributed by atoms with van der Waals surface area (Å²) in [4.78, 5) is 11.9. The van der Waals surface area contributed by atoms with Gasteiger partial charge in [0.25, 0.3) is 0 Å². The van der Waals surface area contributed by atoms with Crippen LogP contribution in [0.15, 0.2) is 6.07 Å². The first-order chi connectivity index (χ1) is 8.38. The monoisotopic (exact) mass is 251 g/mol. The van der Waals surface area contributed by atoms with Crippen LogP contribution in [-0.4, -0.2) is 21.7 Å². The number of nitrogens with zero attached hydrogens (tertiary/aromatic N) is 2. The van der Waals surface area contributed by atoms with E-state index in [2.05, 4.69) is 31.2 Å². The Morgan fingerprint density at radius 2 is 2.00 bits per heavy atom. The van der Waals surface area contributed by atoms with Gasteiger partial charge >= 0.3 is 0 Å². The van der Waals surface area contributed by atoms with Crippen LogP contribution >= 0.6 is 0 Å². The van der Waals surface area contributed by atoms with E-state index >= 15 is 0 Å². The highest BCUT2D eigenvalue weighted by Gasteiger charge is 2.10. The van der Waals surface area contributed by atoms with Crippen molar-refractivity contribution >= 4 is 5.91 Å². The van der Waals surface area contributed by atoms with E-state index in [-0.39, 0.29) is 11.9 Å². The van der Waals surface area contributed by atoms with E-state index in [1.807, 2.05) is 19.9 Å². The van der Waals surface area contributed by atoms with E-state index in [4.69, 9.17) is 0 Å². The lowest BCUT2D eigenvalue weighted by Crippen LogP contribution is -2.35. The second kappa shape index (κ2) is 6.57. The average Bonchev–Trinajstić information content (AvgIpc) is 2.54. The predicted molar refractivity (Wildman–Crippen MR) is 73.4 cm³/mol. The van der Waals surface area contributed by atoms with Gasteiger partial charge in [-0.15, -0.1) is 0 Å². The summed E-state index contributed by atoms with van der Waals surface area (Å²) in [5, 5.41) is 7.31. The van der Waals surface area contributed by atoms with Gasteiger partial charge < -0.3 is 5.32 Å². The highest BCUT2D eigenvalue weighted by molar-refractivity contribution is 5.76. The molecular weight excluding hydrogens is 226 g/mol. The summed E-state index contributed by atoms with van der Waals surface area (Å²) < 4.78 is 1.75. The van der Waals surface area contributed by atoms with Crippen molar-refractivity contribution in [1.29, 1.82) is 0 Å². The molecule has 4 heteroatoms. The number of aryl methyl sites for hydroxylation is 2. The fraction of sp³-hybridized carbons (Fsp3) is 0.714. The standard InChI is InChI=1S/C14H25N3O/c1-10(2)6-7-11(3)15-14(18)9-17-13(5)8-12(4)16-17/h8,10-11H,6-7,9H2,1-5H3,(H,15,18)/t11-/m1/s1. The van der Waals surface area contributed by atoms with Crippen molar-refractivity contribution in [2.24, 2.45) is 5.92 Å². The average molecular weight is 251 g/mol. The lowest BCUT2D eigenvalue weighted by Gasteiger charge is -2.15. The topological polar surface area (TPSA) is 46.9 Å².